The predicted molar refractivity (Wildman–Crippen MR) is 109 cm³/mol. The van der Waals surface area contributed by atoms with Crippen LogP contribution in [-0.2, 0) is 16.0 Å². The van der Waals surface area contributed by atoms with Gasteiger partial charge in [0.05, 0.1) is 12.3 Å². The Bertz CT molecular complexity index is 1050. The Kier molecular flexibility index (Phi) is 5.12. The van der Waals surface area contributed by atoms with Crippen LogP contribution in [0, 0.1) is 19.8 Å². The predicted octanol–water partition coefficient (Wildman–Crippen LogP) is 3.27. The largest absolute Gasteiger partial charge is 0.407 e. The lowest BCUT2D eigenvalue weighted by Gasteiger charge is -2.16. The number of carbonyl (C=O) groups excluding carboxylic acids is 2. The number of benzene rings is 2. The number of nitrogens with one attached hydrogen (secondary N) is 1. The zero-order chi connectivity index (χ0) is 20.4. The summed E-state index contributed by atoms with van der Waals surface area (Å²) in [6, 6.07) is 15.6. The monoisotopic (exact) mass is 390 g/mol. The lowest BCUT2D eigenvalue weighted by Crippen LogP contribution is -2.28. The fourth-order valence-electron chi connectivity index (χ4n) is 3.53. The first kappa shape index (κ1) is 18.9. The van der Waals surface area contributed by atoms with Crippen molar-refractivity contribution in [3.63, 3.8) is 0 Å². The average molecular weight is 390 g/mol. The Morgan fingerprint density at radius 1 is 1.17 bits per heavy atom. The van der Waals surface area contributed by atoms with Gasteiger partial charge in [-0.05, 0) is 37.1 Å². The number of para-hydroxylation sites is 1. The van der Waals surface area contributed by atoms with E-state index < -0.39 is 5.92 Å². The number of hydrogen-bond donors (Lipinski definition) is 1. The number of nitrogens with zero attached hydrogens (tertiary/aromatic N) is 3. The van der Waals surface area contributed by atoms with Crippen molar-refractivity contribution in [2.45, 2.75) is 26.7 Å². The normalized spacial score (nSPS) is 16.3. The molecule has 1 aromatic heterocycles. The van der Waals surface area contributed by atoms with Crippen molar-refractivity contribution in [3.8, 4) is 0 Å². The summed E-state index contributed by atoms with van der Waals surface area (Å²) in [4.78, 5) is 26.5. The van der Waals surface area contributed by atoms with E-state index in [9.17, 15) is 9.59 Å². The van der Waals surface area contributed by atoms with Gasteiger partial charge in [-0.3, -0.25) is 14.9 Å². The van der Waals surface area contributed by atoms with Crippen molar-refractivity contribution in [3.05, 3.63) is 71.1 Å². The van der Waals surface area contributed by atoms with Gasteiger partial charge in [0.15, 0.2) is 0 Å². The fourth-order valence-corrected chi connectivity index (χ4v) is 3.53. The lowest BCUT2D eigenvalue weighted by molar-refractivity contribution is -0.122. The van der Waals surface area contributed by atoms with Crippen molar-refractivity contribution in [2.24, 2.45) is 5.92 Å². The Hall–Kier alpha value is -3.48. The molecule has 0 spiro atoms. The highest BCUT2D eigenvalue weighted by Crippen LogP contribution is 2.26. The molecule has 1 aliphatic heterocycles. The second kappa shape index (κ2) is 7.87. The van der Waals surface area contributed by atoms with Gasteiger partial charge in [0.2, 0.25) is 17.7 Å². The zero-order valence-electron chi connectivity index (χ0n) is 16.4. The van der Waals surface area contributed by atoms with Crippen LogP contribution in [0.2, 0.25) is 0 Å². The van der Waals surface area contributed by atoms with Gasteiger partial charge < -0.3 is 9.32 Å². The van der Waals surface area contributed by atoms with Gasteiger partial charge in [-0.15, -0.1) is 5.10 Å². The van der Waals surface area contributed by atoms with Crippen LogP contribution in [0.4, 0.5) is 11.7 Å². The molecule has 1 unspecified atom stereocenters. The van der Waals surface area contributed by atoms with Crippen molar-refractivity contribution in [1.82, 2.24) is 10.2 Å². The third-order valence-electron chi connectivity index (χ3n) is 5.10. The molecular formula is C22H22N4O3. The quantitative estimate of drug-likeness (QED) is 0.722. The first-order chi connectivity index (χ1) is 14.0. The molecule has 1 N–H and O–H groups in total. The molecule has 1 atom stereocenters. The highest BCUT2D eigenvalue weighted by molar-refractivity contribution is 6.02. The van der Waals surface area contributed by atoms with Gasteiger partial charge in [0.25, 0.3) is 0 Å². The summed E-state index contributed by atoms with van der Waals surface area (Å²) >= 11 is 0. The first-order valence-corrected chi connectivity index (χ1v) is 9.54. The van der Waals surface area contributed by atoms with E-state index in [2.05, 4.69) is 21.6 Å². The Balaban J connectivity index is 1.39. The first-order valence-electron chi connectivity index (χ1n) is 9.54. The second-order valence-electron chi connectivity index (χ2n) is 7.34. The number of aryl methyl sites for hydroxylation is 2. The van der Waals surface area contributed by atoms with E-state index in [1.807, 2.05) is 56.3 Å². The Labute approximate surface area is 168 Å². The number of rotatable bonds is 5. The van der Waals surface area contributed by atoms with Gasteiger partial charge >= 0.3 is 6.01 Å². The van der Waals surface area contributed by atoms with Gasteiger partial charge in [0.1, 0.15) is 0 Å². The molecule has 0 bridgehead atoms. The molecule has 3 aromatic rings. The van der Waals surface area contributed by atoms with Crippen LogP contribution >= 0.6 is 0 Å². The van der Waals surface area contributed by atoms with Gasteiger partial charge in [-0.25, -0.2) is 0 Å². The van der Waals surface area contributed by atoms with E-state index in [0.717, 1.165) is 16.8 Å². The zero-order valence-corrected chi connectivity index (χ0v) is 16.4. The van der Waals surface area contributed by atoms with Crippen LogP contribution in [0.1, 0.15) is 29.0 Å². The van der Waals surface area contributed by atoms with Gasteiger partial charge in [-0.1, -0.05) is 47.1 Å². The highest BCUT2D eigenvalue weighted by Gasteiger charge is 2.35. The van der Waals surface area contributed by atoms with Crippen molar-refractivity contribution < 1.29 is 14.0 Å². The fraction of sp³-hybridized carbons (Fsp3) is 0.273. The SMILES string of the molecule is Cc1ccc(Cc2nnc(NC(=O)C3CC(=O)N(c4ccccc4)C3)o2)c(C)c1. The van der Waals surface area contributed by atoms with E-state index >= 15 is 0 Å². The third kappa shape index (κ3) is 4.18. The van der Waals surface area contributed by atoms with Crippen LogP contribution in [0.25, 0.3) is 0 Å². The van der Waals surface area contributed by atoms with E-state index in [1.165, 1.54) is 5.56 Å². The lowest BCUT2D eigenvalue weighted by atomic mass is 10.0. The van der Waals surface area contributed by atoms with E-state index in [-0.39, 0.29) is 24.2 Å². The molecule has 1 aliphatic rings. The Morgan fingerprint density at radius 3 is 2.72 bits per heavy atom. The molecule has 7 nitrogen and oxygen atoms in total. The van der Waals surface area contributed by atoms with Crippen LogP contribution in [0.15, 0.2) is 52.9 Å². The summed E-state index contributed by atoms with van der Waals surface area (Å²) in [7, 11) is 0. The molecule has 1 saturated heterocycles. The number of anilines is 2. The molecule has 0 radical (unpaired) electrons. The van der Waals surface area contributed by atoms with Crippen molar-refractivity contribution in [1.29, 1.82) is 0 Å². The summed E-state index contributed by atoms with van der Waals surface area (Å²) in [6.07, 6.45) is 0.656. The minimum atomic E-state index is -0.461. The summed E-state index contributed by atoms with van der Waals surface area (Å²) in [5, 5.41) is 10.6. The third-order valence-corrected chi connectivity index (χ3v) is 5.10. The molecule has 2 amide bonds. The van der Waals surface area contributed by atoms with Gasteiger partial charge in [0, 0.05) is 18.7 Å². The van der Waals surface area contributed by atoms with Crippen LogP contribution in [0.5, 0.6) is 0 Å². The summed E-state index contributed by atoms with van der Waals surface area (Å²) in [5.74, 6) is -0.394. The minimum Gasteiger partial charge on any atom is -0.407 e. The minimum absolute atomic E-state index is 0.0559. The molecule has 2 aromatic carbocycles. The smallest absolute Gasteiger partial charge is 0.322 e. The summed E-state index contributed by atoms with van der Waals surface area (Å²) < 4.78 is 5.59. The topological polar surface area (TPSA) is 88.3 Å². The molecule has 4 rings (SSSR count). The molecule has 0 saturated carbocycles. The maximum absolute atomic E-state index is 12.6. The molecule has 7 heteroatoms. The number of amides is 2. The Morgan fingerprint density at radius 2 is 1.97 bits per heavy atom. The number of aromatic nitrogens is 2. The van der Waals surface area contributed by atoms with E-state index in [4.69, 9.17) is 4.42 Å². The summed E-state index contributed by atoms with van der Waals surface area (Å²) in [5.41, 5.74) is 4.23. The van der Waals surface area contributed by atoms with Crippen molar-refractivity contribution >= 4 is 23.5 Å². The maximum Gasteiger partial charge on any atom is 0.322 e. The number of carbonyl (C=O) groups is 2. The van der Waals surface area contributed by atoms with E-state index in [0.29, 0.717) is 18.9 Å². The van der Waals surface area contributed by atoms with Crippen LogP contribution in [-0.4, -0.2) is 28.6 Å². The average Bonchev–Trinajstić information content (AvgIpc) is 3.31. The molecule has 0 aliphatic carbocycles. The van der Waals surface area contributed by atoms with E-state index in [1.54, 1.807) is 4.90 Å². The molecule has 1 fully saturated rings. The van der Waals surface area contributed by atoms with Crippen molar-refractivity contribution in [2.75, 3.05) is 16.8 Å². The van der Waals surface area contributed by atoms with Crippen LogP contribution < -0.4 is 10.2 Å². The second-order valence-corrected chi connectivity index (χ2v) is 7.34. The highest BCUT2D eigenvalue weighted by atomic mass is 16.4. The van der Waals surface area contributed by atoms with Crippen LogP contribution in [0.3, 0.4) is 0 Å². The summed E-state index contributed by atoms with van der Waals surface area (Å²) in [6.45, 7) is 4.42. The molecule has 29 heavy (non-hydrogen) atoms. The van der Waals surface area contributed by atoms with Gasteiger partial charge in [-0.2, -0.15) is 0 Å². The maximum atomic E-state index is 12.6. The molecule has 148 valence electrons. The number of hydrogen-bond acceptors (Lipinski definition) is 5. The standard InChI is InChI=1S/C22H22N4O3/c1-14-8-9-16(15(2)10-14)11-19-24-25-22(29-19)23-21(28)17-12-20(27)26(13-17)18-6-4-3-5-7-18/h3-10,17H,11-13H2,1-2H3,(H,23,25,28). The molecule has 2 heterocycles. The molecular weight excluding hydrogens is 368 g/mol.